The number of nitrogens with zero attached hydrogens (tertiary/aromatic N) is 2. The average Bonchev–Trinajstić information content (AvgIpc) is 2.79. The van der Waals surface area contributed by atoms with Crippen molar-refractivity contribution < 1.29 is 4.79 Å². The van der Waals surface area contributed by atoms with E-state index in [1.807, 2.05) is 12.1 Å². The third-order valence-electron chi connectivity index (χ3n) is 6.09. The lowest BCUT2D eigenvalue weighted by Crippen LogP contribution is -2.33. The largest absolute Gasteiger partial charge is 0.347 e. The van der Waals surface area contributed by atoms with Crippen molar-refractivity contribution in [2.24, 2.45) is 0 Å². The number of carbonyl (C=O) groups excluding carboxylic acids is 1. The summed E-state index contributed by atoms with van der Waals surface area (Å²) in [5, 5.41) is 10.4. The van der Waals surface area contributed by atoms with Crippen molar-refractivity contribution in [2.75, 3.05) is 7.05 Å². The molecule has 6 heteroatoms. The molecule has 3 aromatic rings. The van der Waals surface area contributed by atoms with Crippen molar-refractivity contribution >= 4 is 16.7 Å². The second-order valence-corrected chi connectivity index (χ2v) is 8.11. The summed E-state index contributed by atoms with van der Waals surface area (Å²) in [4.78, 5) is 27.2. The van der Waals surface area contributed by atoms with Crippen LogP contribution in [-0.4, -0.2) is 34.1 Å². The third kappa shape index (κ3) is 4.44. The zero-order chi connectivity index (χ0) is 20.9. The first-order valence-corrected chi connectivity index (χ1v) is 10.7. The Bertz CT molecular complexity index is 1090. The lowest BCUT2D eigenvalue weighted by atomic mass is 9.94. The van der Waals surface area contributed by atoms with Crippen molar-refractivity contribution in [3.63, 3.8) is 0 Å². The van der Waals surface area contributed by atoms with Gasteiger partial charge in [-0.1, -0.05) is 61.7 Å². The number of aromatic amines is 1. The Labute approximate surface area is 176 Å². The second kappa shape index (κ2) is 9.22. The Morgan fingerprint density at radius 2 is 1.70 bits per heavy atom. The van der Waals surface area contributed by atoms with E-state index in [2.05, 4.69) is 39.6 Å². The van der Waals surface area contributed by atoms with Crippen LogP contribution in [0.1, 0.15) is 53.7 Å². The van der Waals surface area contributed by atoms with Crippen molar-refractivity contribution in [1.29, 1.82) is 0 Å². The van der Waals surface area contributed by atoms with Crippen LogP contribution in [0, 0.1) is 0 Å². The van der Waals surface area contributed by atoms with E-state index >= 15 is 0 Å². The van der Waals surface area contributed by atoms with Gasteiger partial charge in [-0.05, 0) is 37.1 Å². The van der Waals surface area contributed by atoms with Crippen LogP contribution in [0.2, 0.25) is 0 Å². The van der Waals surface area contributed by atoms with Gasteiger partial charge in [-0.2, -0.15) is 5.10 Å². The number of hydrogen-bond donors (Lipinski definition) is 2. The Morgan fingerprint density at radius 1 is 1.03 bits per heavy atom. The van der Waals surface area contributed by atoms with E-state index in [1.54, 1.807) is 24.3 Å². The normalized spacial score (nSPS) is 14.9. The molecule has 1 aliphatic rings. The summed E-state index contributed by atoms with van der Waals surface area (Å²) in [5.74, 6) is -0.294. The van der Waals surface area contributed by atoms with Gasteiger partial charge in [-0.25, -0.2) is 5.10 Å². The quantitative estimate of drug-likeness (QED) is 0.658. The third-order valence-corrected chi connectivity index (χ3v) is 6.09. The molecule has 30 heavy (non-hydrogen) atoms. The number of amides is 1. The van der Waals surface area contributed by atoms with Crippen LogP contribution >= 0.6 is 0 Å². The van der Waals surface area contributed by atoms with Gasteiger partial charge in [0.2, 0.25) is 0 Å². The van der Waals surface area contributed by atoms with Crippen molar-refractivity contribution in [1.82, 2.24) is 20.4 Å². The molecule has 0 unspecified atom stereocenters. The summed E-state index contributed by atoms with van der Waals surface area (Å²) in [5.41, 5.74) is 2.27. The molecule has 1 heterocycles. The van der Waals surface area contributed by atoms with E-state index in [9.17, 15) is 9.59 Å². The Balaban J connectivity index is 1.47. The summed E-state index contributed by atoms with van der Waals surface area (Å²) in [6, 6.07) is 15.9. The lowest BCUT2D eigenvalue weighted by Gasteiger charge is -2.31. The molecule has 2 N–H and O–H groups in total. The SMILES string of the molecule is CN(Cc1ccccc1CNC(=O)c1n[nH]c(=O)c2ccccc12)C1CCCCC1. The molecule has 0 spiro atoms. The van der Waals surface area contributed by atoms with Crippen molar-refractivity contribution in [3.8, 4) is 0 Å². The number of aromatic nitrogens is 2. The topological polar surface area (TPSA) is 78.1 Å². The standard InChI is InChI=1S/C24H28N4O2/c1-28(19-11-3-2-4-12-19)16-18-10-6-5-9-17(18)15-25-24(30)22-20-13-7-8-14-21(20)23(29)27-26-22/h5-10,13-14,19H,2-4,11-12,15-16H2,1H3,(H,25,30)(H,27,29). The Morgan fingerprint density at radius 3 is 2.47 bits per heavy atom. The van der Waals surface area contributed by atoms with Crippen LogP contribution < -0.4 is 10.9 Å². The van der Waals surface area contributed by atoms with Crippen LogP contribution in [0.5, 0.6) is 0 Å². The van der Waals surface area contributed by atoms with Gasteiger partial charge in [0.1, 0.15) is 0 Å². The van der Waals surface area contributed by atoms with E-state index in [4.69, 9.17) is 0 Å². The highest BCUT2D eigenvalue weighted by atomic mass is 16.2. The maximum absolute atomic E-state index is 12.8. The van der Waals surface area contributed by atoms with Gasteiger partial charge in [0, 0.05) is 24.5 Å². The predicted molar refractivity (Wildman–Crippen MR) is 118 cm³/mol. The van der Waals surface area contributed by atoms with Crippen molar-refractivity contribution in [3.05, 3.63) is 75.7 Å². The first kappa shape index (κ1) is 20.3. The monoisotopic (exact) mass is 404 g/mol. The van der Waals surface area contributed by atoms with Crippen LogP contribution in [0.15, 0.2) is 53.3 Å². The number of fused-ring (bicyclic) bond motifs is 1. The summed E-state index contributed by atoms with van der Waals surface area (Å²) in [6.07, 6.45) is 6.50. The second-order valence-electron chi connectivity index (χ2n) is 8.11. The summed E-state index contributed by atoms with van der Waals surface area (Å²) < 4.78 is 0. The minimum absolute atomic E-state index is 0.238. The fourth-order valence-electron chi connectivity index (χ4n) is 4.35. The van der Waals surface area contributed by atoms with E-state index in [1.165, 1.54) is 37.7 Å². The molecule has 1 amide bonds. The zero-order valence-electron chi connectivity index (χ0n) is 17.4. The molecule has 1 fully saturated rings. The maximum Gasteiger partial charge on any atom is 0.272 e. The Hall–Kier alpha value is -2.99. The number of hydrogen-bond acceptors (Lipinski definition) is 4. The van der Waals surface area contributed by atoms with Gasteiger partial charge in [0.05, 0.1) is 5.39 Å². The first-order valence-electron chi connectivity index (χ1n) is 10.7. The molecule has 156 valence electrons. The summed E-state index contributed by atoms with van der Waals surface area (Å²) in [6.45, 7) is 1.29. The van der Waals surface area contributed by atoms with Gasteiger partial charge in [-0.15, -0.1) is 0 Å². The van der Waals surface area contributed by atoms with Crippen LogP contribution in [-0.2, 0) is 13.1 Å². The predicted octanol–water partition coefficient (Wildman–Crippen LogP) is 3.62. The lowest BCUT2D eigenvalue weighted by molar-refractivity contribution is 0.0946. The molecule has 6 nitrogen and oxygen atoms in total. The van der Waals surface area contributed by atoms with Gasteiger partial charge in [0.25, 0.3) is 11.5 Å². The molecule has 0 saturated heterocycles. The molecule has 1 aliphatic carbocycles. The Kier molecular flexibility index (Phi) is 6.23. The first-order chi connectivity index (χ1) is 14.6. The number of benzene rings is 2. The molecular weight excluding hydrogens is 376 g/mol. The van der Waals surface area contributed by atoms with Gasteiger partial charge in [-0.3, -0.25) is 14.5 Å². The number of H-pyrrole nitrogens is 1. The summed E-state index contributed by atoms with van der Waals surface area (Å²) in [7, 11) is 2.20. The maximum atomic E-state index is 12.8. The smallest absolute Gasteiger partial charge is 0.272 e. The minimum Gasteiger partial charge on any atom is -0.347 e. The fraction of sp³-hybridized carbons (Fsp3) is 0.375. The molecule has 2 aromatic carbocycles. The minimum atomic E-state index is -0.294. The molecule has 0 bridgehead atoms. The highest BCUT2D eigenvalue weighted by molar-refractivity contribution is 6.04. The van der Waals surface area contributed by atoms with Crippen LogP contribution in [0.4, 0.5) is 0 Å². The highest BCUT2D eigenvalue weighted by Crippen LogP contribution is 2.23. The van der Waals surface area contributed by atoms with E-state index in [0.717, 1.165) is 12.1 Å². The fourth-order valence-corrected chi connectivity index (χ4v) is 4.35. The van der Waals surface area contributed by atoms with E-state index in [-0.39, 0.29) is 17.2 Å². The average molecular weight is 405 g/mol. The van der Waals surface area contributed by atoms with Crippen LogP contribution in [0.25, 0.3) is 10.8 Å². The van der Waals surface area contributed by atoms with E-state index in [0.29, 0.717) is 23.4 Å². The molecule has 0 atom stereocenters. The molecule has 0 radical (unpaired) electrons. The number of carbonyl (C=O) groups is 1. The van der Waals surface area contributed by atoms with Gasteiger partial charge >= 0.3 is 0 Å². The molecular formula is C24H28N4O2. The van der Waals surface area contributed by atoms with Gasteiger partial charge < -0.3 is 5.32 Å². The molecule has 0 aliphatic heterocycles. The van der Waals surface area contributed by atoms with Gasteiger partial charge in [0.15, 0.2) is 5.69 Å². The summed E-state index contributed by atoms with van der Waals surface area (Å²) >= 11 is 0. The zero-order valence-corrected chi connectivity index (χ0v) is 17.4. The molecule has 1 saturated carbocycles. The number of rotatable bonds is 6. The van der Waals surface area contributed by atoms with E-state index < -0.39 is 0 Å². The number of nitrogens with one attached hydrogen (secondary N) is 2. The van der Waals surface area contributed by atoms with Crippen LogP contribution in [0.3, 0.4) is 0 Å². The highest BCUT2D eigenvalue weighted by Gasteiger charge is 2.19. The molecule has 4 rings (SSSR count). The molecule has 1 aromatic heterocycles. The van der Waals surface area contributed by atoms with Crippen molar-refractivity contribution in [2.45, 2.75) is 51.2 Å².